The average molecular weight is 232 g/mol. The molecule has 1 saturated carbocycles. The molecule has 90 valence electrons. The van der Waals surface area contributed by atoms with Gasteiger partial charge in [-0.3, -0.25) is 0 Å². The largest absolute Gasteiger partial charge is 0.464 e. The maximum atomic E-state index is 11.3. The molecule has 1 heterocycles. The van der Waals surface area contributed by atoms with Gasteiger partial charge in [0.25, 0.3) is 0 Å². The van der Waals surface area contributed by atoms with Crippen LogP contribution in [0.15, 0.2) is 24.3 Å². The third-order valence-corrected chi connectivity index (χ3v) is 3.50. The zero-order chi connectivity index (χ0) is 11.8. The summed E-state index contributed by atoms with van der Waals surface area (Å²) in [7, 11) is 0. The van der Waals surface area contributed by atoms with Crippen molar-refractivity contribution in [3.8, 4) is 0 Å². The monoisotopic (exact) mass is 232 g/mol. The lowest BCUT2D eigenvalue weighted by molar-refractivity contribution is -0.0264. The molecule has 1 aromatic rings. The van der Waals surface area contributed by atoms with Crippen LogP contribution >= 0.6 is 0 Å². The fourth-order valence-electron chi connectivity index (χ4n) is 2.49. The third-order valence-electron chi connectivity index (χ3n) is 3.50. The summed E-state index contributed by atoms with van der Waals surface area (Å²) in [6, 6.07) is 8.51. The number of rotatable bonds is 2. The van der Waals surface area contributed by atoms with Crippen LogP contribution in [0, 0.1) is 0 Å². The summed E-state index contributed by atoms with van der Waals surface area (Å²) in [5.74, 6) is 0. The second-order valence-corrected chi connectivity index (χ2v) is 4.77. The molecule has 4 nitrogen and oxygen atoms in total. The molecule has 1 aliphatic heterocycles. The van der Waals surface area contributed by atoms with E-state index in [9.17, 15) is 9.90 Å². The SMILES string of the molecule is O=C(O)N(C1CC1)N1CCc2ccccc2C1. The van der Waals surface area contributed by atoms with Crippen LogP contribution in [0.4, 0.5) is 4.79 Å². The number of hydrogen-bond acceptors (Lipinski definition) is 2. The van der Waals surface area contributed by atoms with Gasteiger partial charge in [0.15, 0.2) is 0 Å². The second-order valence-electron chi connectivity index (χ2n) is 4.77. The van der Waals surface area contributed by atoms with Crippen LogP contribution in [0.3, 0.4) is 0 Å². The van der Waals surface area contributed by atoms with E-state index in [2.05, 4.69) is 12.1 Å². The van der Waals surface area contributed by atoms with E-state index < -0.39 is 6.09 Å². The van der Waals surface area contributed by atoms with Crippen molar-refractivity contribution in [3.63, 3.8) is 0 Å². The van der Waals surface area contributed by atoms with Crippen LogP contribution in [-0.2, 0) is 13.0 Å². The van der Waals surface area contributed by atoms with Crippen molar-refractivity contribution in [2.24, 2.45) is 0 Å². The molecule has 1 amide bonds. The fourth-order valence-corrected chi connectivity index (χ4v) is 2.49. The molecule has 0 bridgehead atoms. The van der Waals surface area contributed by atoms with Gasteiger partial charge in [-0.1, -0.05) is 24.3 Å². The summed E-state index contributed by atoms with van der Waals surface area (Å²) in [5, 5.41) is 12.8. The highest BCUT2D eigenvalue weighted by molar-refractivity contribution is 5.65. The highest BCUT2D eigenvalue weighted by Crippen LogP contribution is 2.31. The van der Waals surface area contributed by atoms with Gasteiger partial charge in [0.05, 0.1) is 6.04 Å². The maximum absolute atomic E-state index is 11.3. The minimum atomic E-state index is -0.813. The van der Waals surface area contributed by atoms with Crippen LogP contribution < -0.4 is 0 Å². The van der Waals surface area contributed by atoms with Crippen molar-refractivity contribution >= 4 is 6.09 Å². The Morgan fingerprint density at radius 2 is 2.00 bits per heavy atom. The molecule has 2 aliphatic rings. The average Bonchev–Trinajstić information content (AvgIpc) is 3.13. The van der Waals surface area contributed by atoms with Crippen LogP contribution in [0.5, 0.6) is 0 Å². The van der Waals surface area contributed by atoms with Gasteiger partial charge in [-0.15, -0.1) is 0 Å². The summed E-state index contributed by atoms with van der Waals surface area (Å²) in [6.45, 7) is 1.53. The van der Waals surface area contributed by atoms with Gasteiger partial charge in [-0.05, 0) is 30.4 Å². The molecule has 1 N–H and O–H groups in total. The summed E-state index contributed by atoms with van der Waals surface area (Å²) in [6.07, 6.45) is 2.13. The Labute approximate surface area is 100 Å². The molecule has 0 saturated heterocycles. The number of hydrogen-bond donors (Lipinski definition) is 1. The molecule has 0 aromatic heterocycles. The zero-order valence-corrected chi connectivity index (χ0v) is 9.67. The van der Waals surface area contributed by atoms with E-state index in [-0.39, 0.29) is 6.04 Å². The maximum Gasteiger partial charge on any atom is 0.422 e. The third kappa shape index (κ3) is 2.00. The van der Waals surface area contributed by atoms with Gasteiger partial charge in [0.2, 0.25) is 0 Å². The van der Waals surface area contributed by atoms with E-state index in [1.54, 1.807) is 0 Å². The molecule has 3 rings (SSSR count). The molecule has 1 fully saturated rings. The van der Waals surface area contributed by atoms with Gasteiger partial charge in [-0.2, -0.15) is 0 Å². The van der Waals surface area contributed by atoms with Crippen molar-refractivity contribution in [1.29, 1.82) is 0 Å². The predicted molar refractivity (Wildman–Crippen MR) is 63.4 cm³/mol. The van der Waals surface area contributed by atoms with Crippen molar-refractivity contribution < 1.29 is 9.90 Å². The van der Waals surface area contributed by atoms with Crippen LogP contribution in [-0.4, -0.2) is 33.8 Å². The minimum absolute atomic E-state index is 0.220. The molecule has 1 aromatic carbocycles. The van der Waals surface area contributed by atoms with Crippen molar-refractivity contribution in [1.82, 2.24) is 10.0 Å². The Balaban J connectivity index is 1.80. The molecular weight excluding hydrogens is 216 g/mol. The predicted octanol–water partition coefficient (Wildman–Crippen LogP) is 2.10. The number of nitrogens with zero attached hydrogens (tertiary/aromatic N) is 2. The molecule has 17 heavy (non-hydrogen) atoms. The first-order valence-electron chi connectivity index (χ1n) is 6.09. The smallest absolute Gasteiger partial charge is 0.422 e. The van der Waals surface area contributed by atoms with E-state index in [1.165, 1.54) is 16.1 Å². The molecular formula is C13H16N2O2. The first-order chi connectivity index (χ1) is 8.25. The lowest BCUT2D eigenvalue weighted by atomic mass is 10.0. The van der Waals surface area contributed by atoms with Gasteiger partial charge in [0.1, 0.15) is 0 Å². The Kier molecular flexibility index (Phi) is 2.52. The second kappa shape index (κ2) is 4.04. The van der Waals surface area contributed by atoms with E-state index >= 15 is 0 Å². The minimum Gasteiger partial charge on any atom is -0.464 e. The van der Waals surface area contributed by atoms with Crippen LogP contribution in [0.2, 0.25) is 0 Å². The van der Waals surface area contributed by atoms with E-state index in [1.807, 2.05) is 17.1 Å². The first kappa shape index (κ1) is 10.6. The normalized spacial score (nSPS) is 19.8. The molecule has 0 spiro atoms. The number of hydrazine groups is 1. The summed E-state index contributed by atoms with van der Waals surface area (Å²) >= 11 is 0. The zero-order valence-electron chi connectivity index (χ0n) is 9.67. The fraction of sp³-hybridized carbons (Fsp3) is 0.462. The van der Waals surface area contributed by atoms with E-state index in [0.29, 0.717) is 0 Å². The van der Waals surface area contributed by atoms with E-state index in [0.717, 1.165) is 32.4 Å². The van der Waals surface area contributed by atoms with Crippen molar-refractivity contribution in [2.75, 3.05) is 6.54 Å². The number of amides is 1. The number of benzene rings is 1. The van der Waals surface area contributed by atoms with Crippen LogP contribution in [0.25, 0.3) is 0 Å². The van der Waals surface area contributed by atoms with Gasteiger partial charge >= 0.3 is 6.09 Å². The summed E-state index contributed by atoms with van der Waals surface area (Å²) in [5.41, 5.74) is 2.61. The lowest BCUT2D eigenvalue weighted by Gasteiger charge is -2.36. The Hall–Kier alpha value is -1.55. The Bertz CT molecular complexity index is 443. The number of fused-ring (bicyclic) bond motifs is 1. The molecule has 0 radical (unpaired) electrons. The topological polar surface area (TPSA) is 43.8 Å². The molecule has 1 aliphatic carbocycles. The molecule has 0 unspecified atom stereocenters. The quantitative estimate of drug-likeness (QED) is 0.849. The lowest BCUT2D eigenvalue weighted by Crippen LogP contribution is -2.49. The Morgan fingerprint density at radius 3 is 2.65 bits per heavy atom. The number of carbonyl (C=O) groups is 1. The van der Waals surface area contributed by atoms with Gasteiger partial charge in [0, 0.05) is 13.1 Å². The van der Waals surface area contributed by atoms with Gasteiger partial charge < -0.3 is 5.11 Å². The summed E-state index contributed by atoms with van der Waals surface area (Å²) < 4.78 is 0. The standard InChI is InChI=1S/C13H16N2O2/c16-13(17)15(12-5-6-12)14-8-7-10-3-1-2-4-11(10)9-14/h1-4,12H,5-9H2,(H,16,17). The Morgan fingerprint density at radius 1 is 1.29 bits per heavy atom. The molecule has 0 atom stereocenters. The first-order valence-corrected chi connectivity index (χ1v) is 6.09. The number of carboxylic acid groups (broad SMARTS) is 1. The van der Waals surface area contributed by atoms with Crippen molar-refractivity contribution in [3.05, 3.63) is 35.4 Å². The summed E-state index contributed by atoms with van der Waals surface area (Å²) in [4.78, 5) is 11.3. The van der Waals surface area contributed by atoms with Crippen LogP contribution in [0.1, 0.15) is 24.0 Å². The van der Waals surface area contributed by atoms with E-state index in [4.69, 9.17) is 0 Å². The van der Waals surface area contributed by atoms with Gasteiger partial charge in [-0.25, -0.2) is 14.8 Å². The molecule has 4 heteroatoms. The highest BCUT2D eigenvalue weighted by Gasteiger charge is 2.37. The van der Waals surface area contributed by atoms with Crippen molar-refractivity contribution in [2.45, 2.75) is 31.8 Å². The highest BCUT2D eigenvalue weighted by atomic mass is 16.4.